The standard InChI is InChI=1S/C12H12ClN3O4S/c13-6-1-2-7-9(5-6)21-12(15-7)16-11(20)14-8(3-4-17)10(18)19/h1-2,5,8,17H,3-4H2,(H,18,19)(H2,14,15,16,20)/t8-/m1/s1. The Balaban J connectivity index is 2.05. The highest BCUT2D eigenvalue weighted by Gasteiger charge is 2.19. The highest BCUT2D eigenvalue weighted by Crippen LogP contribution is 2.28. The van der Waals surface area contributed by atoms with E-state index in [1.165, 1.54) is 11.3 Å². The average molecular weight is 330 g/mol. The van der Waals surface area contributed by atoms with Gasteiger partial charge in [-0.3, -0.25) is 5.32 Å². The van der Waals surface area contributed by atoms with Gasteiger partial charge in [0, 0.05) is 18.1 Å². The van der Waals surface area contributed by atoms with E-state index in [1.54, 1.807) is 18.2 Å². The van der Waals surface area contributed by atoms with Gasteiger partial charge < -0.3 is 15.5 Å². The third kappa shape index (κ3) is 4.03. The molecule has 1 atom stereocenters. The van der Waals surface area contributed by atoms with Crippen molar-refractivity contribution in [2.45, 2.75) is 12.5 Å². The van der Waals surface area contributed by atoms with Crippen LogP contribution >= 0.6 is 22.9 Å². The summed E-state index contributed by atoms with van der Waals surface area (Å²) >= 11 is 7.09. The Labute approximate surface area is 128 Å². The number of nitrogens with zero attached hydrogens (tertiary/aromatic N) is 1. The van der Waals surface area contributed by atoms with E-state index in [0.29, 0.717) is 15.7 Å². The summed E-state index contributed by atoms with van der Waals surface area (Å²) in [5.41, 5.74) is 0.685. The van der Waals surface area contributed by atoms with Crippen LogP contribution in [0.25, 0.3) is 10.2 Å². The Morgan fingerprint density at radius 3 is 2.86 bits per heavy atom. The van der Waals surface area contributed by atoms with Crippen molar-refractivity contribution in [1.82, 2.24) is 10.3 Å². The number of aromatic nitrogens is 1. The lowest BCUT2D eigenvalue weighted by molar-refractivity contribution is -0.139. The maximum atomic E-state index is 11.7. The zero-order chi connectivity index (χ0) is 15.4. The monoisotopic (exact) mass is 329 g/mol. The van der Waals surface area contributed by atoms with E-state index in [0.717, 1.165) is 4.70 Å². The van der Waals surface area contributed by atoms with Crippen molar-refractivity contribution < 1.29 is 19.8 Å². The van der Waals surface area contributed by atoms with Gasteiger partial charge >= 0.3 is 12.0 Å². The first-order valence-electron chi connectivity index (χ1n) is 5.97. The molecule has 7 nitrogen and oxygen atoms in total. The number of aliphatic hydroxyl groups is 1. The van der Waals surface area contributed by atoms with Gasteiger partial charge in [0.25, 0.3) is 0 Å². The molecule has 0 saturated carbocycles. The molecule has 0 radical (unpaired) electrons. The fourth-order valence-electron chi connectivity index (χ4n) is 1.63. The number of rotatable bonds is 5. The second-order valence-corrected chi connectivity index (χ2v) is 5.60. The summed E-state index contributed by atoms with van der Waals surface area (Å²) in [5, 5.41) is 23.2. The average Bonchev–Trinajstić information content (AvgIpc) is 2.79. The molecule has 0 fully saturated rings. The number of nitrogens with one attached hydrogen (secondary N) is 2. The number of fused-ring (bicyclic) bond motifs is 1. The van der Waals surface area contributed by atoms with Crippen LogP contribution in [0.5, 0.6) is 0 Å². The quantitative estimate of drug-likeness (QED) is 0.669. The SMILES string of the molecule is O=C(Nc1nc2ccc(Cl)cc2s1)N[C@H](CCO)C(=O)O. The number of aliphatic carboxylic acids is 1. The molecular weight excluding hydrogens is 318 g/mol. The highest BCUT2D eigenvalue weighted by atomic mass is 35.5. The topological polar surface area (TPSA) is 112 Å². The summed E-state index contributed by atoms with van der Waals surface area (Å²) in [6.45, 7) is -0.336. The summed E-state index contributed by atoms with van der Waals surface area (Å²) < 4.78 is 0.808. The predicted octanol–water partition coefficient (Wildman–Crippen LogP) is 1.91. The fraction of sp³-hybridized carbons (Fsp3) is 0.250. The van der Waals surface area contributed by atoms with E-state index >= 15 is 0 Å². The van der Waals surface area contributed by atoms with Crippen LogP contribution in [-0.2, 0) is 4.79 Å². The van der Waals surface area contributed by atoms with Crippen molar-refractivity contribution in [3.05, 3.63) is 23.2 Å². The third-order valence-electron chi connectivity index (χ3n) is 2.59. The van der Waals surface area contributed by atoms with Crippen molar-refractivity contribution >= 4 is 50.3 Å². The molecule has 0 saturated heterocycles. The summed E-state index contributed by atoms with van der Waals surface area (Å²) in [6, 6.07) is 3.29. The predicted molar refractivity (Wildman–Crippen MR) is 79.9 cm³/mol. The number of aliphatic hydroxyl groups excluding tert-OH is 1. The Bertz CT molecular complexity index is 676. The van der Waals surface area contributed by atoms with Crippen molar-refractivity contribution in [2.75, 3.05) is 11.9 Å². The van der Waals surface area contributed by atoms with Crippen LogP contribution in [0, 0.1) is 0 Å². The van der Waals surface area contributed by atoms with Crippen molar-refractivity contribution in [3.8, 4) is 0 Å². The first-order chi connectivity index (χ1) is 9.99. The smallest absolute Gasteiger partial charge is 0.326 e. The molecular formula is C12H12ClN3O4S. The second kappa shape index (κ2) is 6.70. The van der Waals surface area contributed by atoms with E-state index in [4.69, 9.17) is 21.8 Å². The molecule has 2 amide bonds. The maximum Gasteiger partial charge on any atom is 0.326 e. The third-order valence-corrected chi connectivity index (χ3v) is 3.76. The molecule has 9 heteroatoms. The Hall–Kier alpha value is -1.90. The number of amides is 2. The van der Waals surface area contributed by atoms with Gasteiger partial charge in [0.15, 0.2) is 5.13 Å². The number of hydrogen-bond donors (Lipinski definition) is 4. The molecule has 0 bridgehead atoms. The molecule has 1 heterocycles. The van der Waals surface area contributed by atoms with Crippen LogP contribution in [0.15, 0.2) is 18.2 Å². The van der Waals surface area contributed by atoms with Gasteiger partial charge in [-0.05, 0) is 18.2 Å². The number of hydrogen-bond acceptors (Lipinski definition) is 5. The molecule has 2 rings (SSSR count). The molecule has 0 spiro atoms. The molecule has 4 N–H and O–H groups in total. The fourth-order valence-corrected chi connectivity index (χ4v) is 2.77. The lowest BCUT2D eigenvalue weighted by Crippen LogP contribution is -2.43. The summed E-state index contributed by atoms with van der Waals surface area (Å²) in [5.74, 6) is -1.21. The Kier molecular flexibility index (Phi) is 4.94. The van der Waals surface area contributed by atoms with Crippen molar-refractivity contribution in [3.63, 3.8) is 0 Å². The van der Waals surface area contributed by atoms with Crippen molar-refractivity contribution in [1.29, 1.82) is 0 Å². The van der Waals surface area contributed by atoms with E-state index in [1.807, 2.05) is 0 Å². The Morgan fingerprint density at radius 2 is 2.19 bits per heavy atom. The first-order valence-corrected chi connectivity index (χ1v) is 7.16. The molecule has 112 valence electrons. The second-order valence-electron chi connectivity index (χ2n) is 4.13. The van der Waals surface area contributed by atoms with E-state index in [-0.39, 0.29) is 13.0 Å². The molecule has 0 aliphatic carbocycles. The van der Waals surface area contributed by atoms with Crippen LogP contribution in [0.1, 0.15) is 6.42 Å². The van der Waals surface area contributed by atoms with Crippen LogP contribution < -0.4 is 10.6 Å². The maximum absolute atomic E-state index is 11.7. The van der Waals surface area contributed by atoms with Gasteiger partial charge in [0.2, 0.25) is 0 Å². The van der Waals surface area contributed by atoms with Gasteiger partial charge in [-0.25, -0.2) is 14.6 Å². The van der Waals surface area contributed by atoms with Crippen molar-refractivity contribution in [2.24, 2.45) is 0 Å². The van der Waals surface area contributed by atoms with E-state index in [2.05, 4.69) is 15.6 Å². The lowest BCUT2D eigenvalue weighted by Gasteiger charge is -2.12. The molecule has 0 unspecified atom stereocenters. The normalized spacial score (nSPS) is 12.1. The summed E-state index contributed by atoms with van der Waals surface area (Å²) in [7, 11) is 0. The minimum Gasteiger partial charge on any atom is -0.480 e. The van der Waals surface area contributed by atoms with Gasteiger partial charge in [0.05, 0.1) is 10.2 Å². The van der Waals surface area contributed by atoms with Crippen LogP contribution in [0.2, 0.25) is 5.02 Å². The molecule has 1 aromatic carbocycles. The zero-order valence-electron chi connectivity index (χ0n) is 10.7. The number of anilines is 1. The zero-order valence-corrected chi connectivity index (χ0v) is 12.2. The summed E-state index contributed by atoms with van der Waals surface area (Å²) in [6.07, 6.45) is -0.0712. The number of benzene rings is 1. The number of thiazole rings is 1. The number of carbonyl (C=O) groups is 2. The van der Waals surface area contributed by atoms with Gasteiger partial charge in [-0.1, -0.05) is 22.9 Å². The highest BCUT2D eigenvalue weighted by molar-refractivity contribution is 7.22. The van der Waals surface area contributed by atoms with Gasteiger partial charge in [-0.15, -0.1) is 0 Å². The number of urea groups is 1. The molecule has 21 heavy (non-hydrogen) atoms. The minimum absolute atomic E-state index is 0.0712. The van der Waals surface area contributed by atoms with Crippen LogP contribution in [0.3, 0.4) is 0 Å². The molecule has 0 aliphatic heterocycles. The summed E-state index contributed by atoms with van der Waals surface area (Å²) in [4.78, 5) is 26.8. The lowest BCUT2D eigenvalue weighted by atomic mass is 10.2. The molecule has 2 aromatic rings. The van der Waals surface area contributed by atoms with E-state index < -0.39 is 18.0 Å². The minimum atomic E-state index is -1.21. The van der Waals surface area contributed by atoms with Crippen LogP contribution in [-0.4, -0.2) is 39.8 Å². The number of halogens is 1. The largest absolute Gasteiger partial charge is 0.480 e. The van der Waals surface area contributed by atoms with Gasteiger partial charge in [0.1, 0.15) is 6.04 Å². The molecule has 1 aromatic heterocycles. The Morgan fingerprint density at radius 1 is 1.43 bits per heavy atom. The van der Waals surface area contributed by atoms with Crippen LogP contribution in [0.4, 0.5) is 9.93 Å². The van der Waals surface area contributed by atoms with Gasteiger partial charge in [-0.2, -0.15) is 0 Å². The number of carboxylic acids is 1. The first kappa shape index (κ1) is 15.5. The number of carboxylic acid groups (broad SMARTS) is 1. The number of carbonyl (C=O) groups excluding carboxylic acids is 1. The molecule has 0 aliphatic rings. The van der Waals surface area contributed by atoms with E-state index in [9.17, 15) is 9.59 Å².